The number of nitrogens with zero attached hydrogens (tertiary/aromatic N) is 2. The minimum Gasteiger partial charge on any atom is -0.267 e. The van der Waals surface area contributed by atoms with Crippen LogP contribution >= 0.6 is 34.8 Å². The fraction of sp³-hybridized carbons (Fsp3) is 0.200. The van der Waals surface area contributed by atoms with Crippen molar-refractivity contribution in [3.8, 4) is 0 Å². The van der Waals surface area contributed by atoms with Crippen LogP contribution < -0.4 is 0 Å². The number of hydrogen-bond acceptors (Lipinski definition) is 2. The van der Waals surface area contributed by atoms with Gasteiger partial charge in [-0.15, -0.1) is 0 Å². The Hall–Kier alpha value is -0.570. The number of hydrogen-bond donors (Lipinski definition) is 0. The molecule has 0 saturated carbocycles. The van der Waals surface area contributed by atoms with Gasteiger partial charge >= 0.3 is 0 Å². The first-order valence-electron chi connectivity index (χ1n) is 4.34. The highest BCUT2D eigenvalue weighted by atomic mass is 35.5. The number of benzene rings is 1. The second-order valence-corrected chi connectivity index (χ2v) is 4.39. The largest absolute Gasteiger partial charge is 0.267 e. The summed E-state index contributed by atoms with van der Waals surface area (Å²) >= 11 is 17.7. The van der Waals surface area contributed by atoms with Gasteiger partial charge in [-0.05, 0) is 17.7 Å². The summed E-state index contributed by atoms with van der Waals surface area (Å²) in [5, 5.41) is 1.34. The first kappa shape index (κ1) is 10.9. The Bertz CT molecular complexity index is 429. The molecular formula is C10H7Cl3N2. The van der Waals surface area contributed by atoms with Gasteiger partial charge in [0, 0.05) is 12.1 Å². The summed E-state index contributed by atoms with van der Waals surface area (Å²) in [5.41, 5.74) is 2.00. The molecule has 0 aliphatic carbocycles. The topological polar surface area (TPSA) is 24.7 Å². The van der Waals surface area contributed by atoms with Gasteiger partial charge in [0.15, 0.2) is 0 Å². The summed E-state index contributed by atoms with van der Waals surface area (Å²) in [7, 11) is 0. The van der Waals surface area contributed by atoms with Crippen molar-refractivity contribution in [2.75, 3.05) is 6.54 Å². The smallest absolute Gasteiger partial charge is 0.110 e. The van der Waals surface area contributed by atoms with Crippen LogP contribution in [0, 0.1) is 0 Å². The predicted octanol–water partition coefficient (Wildman–Crippen LogP) is 3.67. The molecular weight excluding hydrogens is 254 g/mol. The lowest BCUT2D eigenvalue weighted by molar-refractivity contribution is 1.24. The quantitative estimate of drug-likeness (QED) is 0.726. The Morgan fingerprint density at radius 3 is 2.33 bits per heavy atom. The molecule has 15 heavy (non-hydrogen) atoms. The fourth-order valence-corrected chi connectivity index (χ4v) is 2.00. The fourth-order valence-electron chi connectivity index (χ4n) is 1.36. The molecule has 1 aromatic rings. The summed E-state index contributed by atoms with van der Waals surface area (Å²) < 4.78 is 0. The van der Waals surface area contributed by atoms with E-state index in [-0.39, 0.29) is 0 Å². The molecule has 2 rings (SSSR count). The first-order chi connectivity index (χ1) is 7.16. The van der Waals surface area contributed by atoms with Crippen LogP contribution in [0.3, 0.4) is 0 Å². The summed E-state index contributed by atoms with van der Waals surface area (Å²) in [5.74, 6) is 0. The summed E-state index contributed by atoms with van der Waals surface area (Å²) in [6, 6.07) is 3.60. The van der Waals surface area contributed by atoms with Crippen molar-refractivity contribution in [2.45, 2.75) is 6.42 Å². The molecule has 1 heterocycles. The van der Waals surface area contributed by atoms with Crippen molar-refractivity contribution >= 4 is 46.9 Å². The molecule has 1 aliphatic rings. The molecule has 0 atom stereocenters. The standard InChI is InChI=1S/C10H7Cl3N2/c11-8-2-6(3-9(12)10(8)13)1-7-4-14-5-15-7/h2-3,5H,1,4H2. The summed E-state index contributed by atoms with van der Waals surface area (Å²) in [6.07, 6.45) is 2.27. The summed E-state index contributed by atoms with van der Waals surface area (Å²) in [6.45, 7) is 0.651. The average Bonchev–Trinajstić information content (AvgIpc) is 2.66. The normalized spacial score (nSPS) is 14.5. The zero-order valence-corrected chi connectivity index (χ0v) is 9.94. The molecule has 1 aliphatic heterocycles. The van der Waals surface area contributed by atoms with Crippen molar-refractivity contribution in [1.29, 1.82) is 0 Å². The van der Waals surface area contributed by atoms with Gasteiger partial charge < -0.3 is 0 Å². The van der Waals surface area contributed by atoms with E-state index in [4.69, 9.17) is 34.8 Å². The van der Waals surface area contributed by atoms with Crippen LogP contribution in [-0.4, -0.2) is 18.6 Å². The molecule has 0 fully saturated rings. The van der Waals surface area contributed by atoms with Gasteiger partial charge in [-0.25, -0.2) is 4.99 Å². The van der Waals surface area contributed by atoms with Crippen LogP contribution in [0.4, 0.5) is 0 Å². The Balaban J connectivity index is 2.22. The van der Waals surface area contributed by atoms with E-state index in [2.05, 4.69) is 9.98 Å². The van der Waals surface area contributed by atoms with Crippen molar-refractivity contribution in [3.05, 3.63) is 32.8 Å². The minimum atomic E-state index is 0.395. The van der Waals surface area contributed by atoms with E-state index in [0.29, 0.717) is 28.0 Å². The maximum atomic E-state index is 5.92. The second kappa shape index (κ2) is 4.52. The van der Waals surface area contributed by atoms with Gasteiger partial charge in [-0.3, -0.25) is 4.99 Å². The highest BCUT2D eigenvalue weighted by Crippen LogP contribution is 2.31. The first-order valence-corrected chi connectivity index (χ1v) is 5.47. The predicted molar refractivity (Wildman–Crippen MR) is 66.0 cm³/mol. The highest BCUT2D eigenvalue weighted by molar-refractivity contribution is 6.48. The van der Waals surface area contributed by atoms with E-state index in [1.807, 2.05) is 0 Å². The van der Waals surface area contributed by atoms with E-state index in [1.54, 1.807) is 18.5 Å². The van der Waals surface area contributed by atoms with Crippen LogP contribution in [0.1, 0.15) is 5.56 Å². The van der Waals surface area contributed by atoms with Gasteiger partial charge in [-0.2, -0.15) is 0 Å². The molecule has 0 aromatic heterocycles. The molecule has 0 N–H and O–H groups in total. The molecule has 0 radical (unpaired) electrons. The molecule has 0 saturated heterocycles. The number of aliphatic imine (C=N–C) groups is 2. The minimum absolute atomic E-state index is 0.395. The molecule has 0 spiro atoms. The Labute approximate surface area is 103 Å². The lowest BCUT2D eigenvalue weighted by Gasteiger charge is -2.04. The van der Waals surface area contributed by atoms with Gasteiger partial charge in [0.05, 0.1) is 21.6 Å². The van der Waals surface area contributed by atoms with E-state index in [0.717, 1.165) is 11.3 Å². The van der Waals surface area contributed by atoms with Gasteiger partial charge in [0.2, 0.25) is 0 Å². The molecule has 78 valence electrons. The number of rotatable bonds is 2. The van der Waals surface area contributed by atoms with E-state index in [1.165, 1.54) is 0 Å². The van der Waals surface area contributed by atoms with Gasteiger partial charge in [0.25, 0.3) is 0 Å². The van der Waals surface area contributed by atoms with Crippen LogP contribution in [0.2, 0.25) is 15.1 Å². The van der Waals surface area contributed by atoms with E-state index in [9.17, 15) is 0 Å². The third kappa shape index (κ3) is 2.51. The molecule has 2 nitrogen and oxygen atoms in total. The number of halogens is 3. The molecule has 5 heteroatoms. The monoisotopic (exact) mass is 260 g/mol. The Morgan fingerprint density at radius 1 is 1.13 bits per heavy atom. The van der Waals surface area contributed by atoms with Crippen molar-refractivity contribution in [3.63, 3.8) is 0 Å². The second-order valence-electron chi connectivity index (χ2n) is 3.20. The summed E-state index contributed by atoms with van der Waals surface area (Å²) in [4.78, 5) is 8.12. The van der Waals surface area contributed by atoms with E-state index < -0.39 is 0 Å². The van der Waals surface area contributed by atoms with Crippen LogP contribution in [0.5, 0.6) is 0 Å². The third-order valence-corrected chi connectivity index (χ3v) is 3.24. The highest BCUT2D eigenvalue weighted by Gasteiger charge is 2.09. The van der Waals surface area contributed by atoms with Crippen molar-refractivity contribution in [1.82, 2.24) is 0 Å². The maximum absolute atomic E-state index is 5.92. The maximum Gasteiger partial charge on any atom is 0.110 e. The molecule has 1 aromatic carbocycles. The van der Waals surface area contributed by atoms with Crippen molar-refractivity contribution in [2.24, 2.45) is 9.98 Å². The van der Waals surface area contributed by atoms with Gasteiger partial charge in [0.1, 0.15) is 6.34 Å². The molecule has 0 unspecified atom stereocenters. The lowest BCUT2D eigenvalue weighted by atomic mass is 10.1. The Kier molecular flexibility index (Phi) is 3.29. The zero-order chi connectivity index (χ0) is 10.8. The third-order valence-electron chi connectivity index (χ3n) is 2.05. The average molecular weight is 262 g/mol. The van der Waals surface area contributed by atoms with Crippen molar-refractivity contribution < 1.29 is 0 Å². The molecule has 0 amide bonds. The van der Waals surface area contributed by atoms with Gasteiger partial charge in [-0.1, -0.05) is 34.8 Å². The zero-order valence-electron chi connectivity index (χ0n) is 7.67. The lowest BCUT2D eigenvalue weighted by Crippen LogP contribution is -2.03. The van der Waals surface area contributed by atoms with Crippen LogP contribution in [-0.2, 0) is 6.42 Å². The SMILES string of the molecule is Clc1cc(CC2=NC=NC2)cc(Cl)c1Cl. The van der Waals surface area contributed by atoms with Crippen LogP contribution in [0.15, 0.2) is 22.1 Å². The molecule has 0 bridgehead atoms. The van der Waals surface area contributed by atoms with E-state index >= 15 is 0 Å². The van der Waals surface area contributed by atoms with Crippen LogP contribution in [0.25, 0.3) is 0 Å². The Morgan fingerprint density at radius 2 is 1.80 bits per heavy atom.